The molecule has 2 heteroatoms. The van der Waals surface area contributed by atoms with Gasteiger partial charge in [0.05, 0.1) is 6.61 Å². The second kappa shape index (κ2) is 4.99. The van der Waals surface area contributed by atoms with E-state index in [0.717, 1.165) is 5.75 Å². The van der Waals surface area contributed by atoms with E-state index in [1.165, 1.54) is 16.3 Å². The SMILES string of the molecule is CCOc1ccc2cc(CCO)ccc2c1. The highest BCUT2D eigenvalue weighted by molar-refractivity contribution is 5.84. The van der Waals surface area contributed by atoms with Crippen LogP contribution in [0.25, 0.3) is 10.8 Å². The molecule has 2 aromatic carbocycles. The molecule has 2 rings (SSSR count). The van der Waals surface area contributed by atoms with Crippen molar-refractivity contribution >= 4 is 10.8 Å². The number of ether oxygens (including phenoxy) is 1. The number of fused-ring (bicyclic) bond motifs is 1. The fourth-order valence-corrected chi connectivity index (χ4v) is 1.81. The van der Waals surface area contributed by atoms with Crippen molar-refractivity contribution in [3.63, 3.8) is 0 Å². The van der Waals surface area contributed by atoms with Crippen LogP contribution in [0.15, 0.2) is 36.4 Å². The van der Waals surface area contributed by atoms with Crippen molar-refractivity contribution in [3.8, 4) is 5.75 Å². The summed E-state index contributed by atoms with van der Waals surface area (Å²) in [6.07, 6.45) is 0.711. The zero-order valence-electron chi connectivity index (χ0n) is 9.44. The molecule has 0 atom stereocenters. The van der Waals surface area contributed by atoms with Crippen molar-refractivity contribution in [2.45, 2.75) is 13.3 Å². The summed E-state index contributed by atoms with van der Waals surface area (Å²) >= 11 is 0. The zero-order valence-corrected chi connectivity index (χ0v) is 9.44. The number of hydrogen-bond donors (Lipinski definition) is 1. The summed E-state index contributed by atoms with van der Waals surface area (Å²) in [5.74, 6) is 0.907. The van der Waals surface area contributed by atoms with Crippen LogP contribution in [0.3, 0.4) is 0 Å². The number of aliphatic hydroxyl groups excluding tert-OH is 1. The van der Waals surface area contributed by atoms with Gasteiger partial charge in [-0.15, -0.1) is 0 Å². The smallest absolute Gasteiger partial charge is 0.119 e. The third-order valence-corrected chi connectivity index (χ3v) is 2.59. The summed E-state index contributed by atoms with van der Waals surface area (Å²) < 4.78 is 5.45. The third kappa shape index (κ3) is 2.34. The number of rotatable bonds is 4. The highest BCUT2D eigenvalue weighted by Gasteiger charge is 1.98. The van der Waals surface area contributed by atoms with Crippen molar-refractivity contribution in [1.29, 1.82) is 0 Å². The van der Waals surface area contributed by atoms with Crippen LogP contribution in [-0.4, -0.2) is 18.3 Å². The van der Waals surface area contributed by atoms with E-state index >= 15 is 0 Å². The maximum atomic E-state index is 8.89. The minimum Gasteiger partial charge on any atom is -0.494 e. The van der Waals surface area contributed by atoms with Crippen molar-refractivity contribution in [2.24, 2.45) is 0 Å². The molecular weight excluding hydrogens is 200 g/mol. The van der Waals surface area contributed by atoms with Crippen molar-refractivity contribution in [2.75, 3.05) is 13.2 Å². The summed E-state index contributed by atoms with van der Waals surface area (Å²) in [5.41, 5.74) is 1.17. The number of hydrogen-bond acceptors (Lipinski definition) is 2. The fraction of sp³-hybridized carbons (Fsp3) is 0.286. The van der Waals surface area contributed by atoms with Gasteiger partial charge < -0.3 is 9.84 Å². The highest BCUT2D eigenvalue weighted by Crippen LogP contribution is 2.22. The van der Waals surface area contributed by atoms with Crippen LogP contribution >= 0.6 is 0 Å². The van der Waals surface area contributed by atoms with Crippen LogP contribution in [0.2, 0.25) is 0 Å². The Morgan fingerprint density at radius 3 is 2.56 bits per heavy atom. The third-order valence-electron chi connectivity index (χ3n) is 2.59. The maximum Gasteiger partial charge on any atom is 0.119 e. The average Bonchev–Trinajstić information content (AvgIpc) is 2.30. The predicted octanol–water partition coefficient (Wildman–Crippen LogP) is 2.77. The Kier molecular flexibility index (Phi) is 3.42. The first-order valence-corrected chi connectivity index (χ1v) is 5.60. The normalized spacial score (nSPS) is 10.6. The van der Waals surface area contributed by atoms with Crippen LogP contribution in [0.1, 0.15) is 12.5 Å². The quantitative estimate of drug-likeness (QED) is 0.851. The lowest BCUT2D eigenvalue weighted by Gasteiger charge is -2.06. The molecule has 0 aliphatic carbocycles. The van der Waals surface area contributed by atoms with E-state index in [1.54, 1.807) is 0 Å². The van der Waals surface area contributed by atoms with Gasteiger partial charge in [-0.1, -0.05) is 24.3 Å². The van der Waals surface area contributed by atoms with E-state index in [9.17, 15) is 0 Å². The van der Waals surface area contributed by atoms with Gasteiger partial charge in [0.1, 0.15) is 5.75 Å². The van der Waals surface area contributed by atoms with Crippen molar-refractivity contribution < 1.29 is 9.84 Å². The Balaban J connectivity index is 2.36. The van der Waals surface area contributed by atoms with Gasteiger partial charge in [-0.3, -0.25) is 0 Å². The molecule has 2 nitrogen and oxygen atoms in total. The van der Waals surface area contributed by atoms with E-state index in [-0.39, 0.29) is 6.61 Å². The van der Waals surface area contributed by atoms with E-state index < -0.39 is 0 Å². The van der Waals surface area contributed by atoms with Crippen LogP contribution in [0, 0.1) is 0 Å². The lowest BCUT2D eigenvalue weighted by molar-refractivity contribution is 0.299. The van der Waals surface area contributed by atoms with Crippen LogP contribution < -0.4 is 4.74 Å². The Bertz CT molecular complexity index is 432. The first kappa shape index (κ1) is 11.0. The van der Waals surface area contributed by atoms with E-state index in [2.05, 4.69) is 18.2 Å². The molecule has 0 spiro atoms. The molecule has 0 radical (unpaired) electrons. The molecule has 0 aromatic heterocycles. The van der Waals surface area contributed by atoms with Gasteiger partial charge in [0, 0.05) is 6.61 Å². The molecule has 0 fully saturated rings. The molecule has 0 saturated carbocycles. The molecule has 0 aliphatic heterocycles. The minimum absolute atomic E-state index is 0.197. The molecule has 0 unspecified atom stereocenters. The number of aliphatic hydroxyl groups is 1. The molecule has 16 heavy (non-hydrogen) atoms. The monoisotopic (exact) mass is 216 g/mol. The molecule has 84 valence electrons. The summed E-state index contributed by atoms with van der Waals surface area (Å²) in [7, 11) is 0. The van der Waals surface area contributed by atoms with Gasteiger partial charge in [-0.05, 0) is 41.8 Å². The zero-order chi connectivity index (χ0) is 11.4. The highest BCUT2D eigenvalue weighted by atomic mass is 16.5. The molecule has 0 amide bonds. The summed E-state index contributed by atoms with van der Waals surface area (Å²) in [6.45, 7) is 2.87. The van der Waals surface area contributed by atoms with Gasteiger partial charge >= 0.3 is 0 Å². The van der Waals surface area contributed by atoms with Crippen LogP contribution in [0.5, 0.6) is 5.75 Å². The van der Waals surface area contributed by atoms with Gasteiger partial charge in [-0.25, -0.2) is 0 Å². The topological polar surface area (TPSA) is 29.5 Å². The molecule has 0 heterocycles. The lowest BCUT2D eigenvalue weighted by Crippen LogP contribution is -1.92. The van der Waals surface area contributed by atoms with Crippen molar-refractivity contribution in [3.05, 3.63) is 42.0 Å². The second-order valence-electron chi connectivity index (χ2n) is 3.75. The molecule has 1 N–H and O–H groups in total. The Hall–Kier alpha value is -1.54. The summed E-state index contributed by atoms with van der Waals surface area (Å²) in [4.78, 5) is 0. The van der Waals surface area contributed by atoms with Crippen LogP contribution in [-0.2, 0) is 6.42 Å². The largest absolute Gasteiger partial charge is 0.494 e. The number of benzene rings is 2. The second-order valence-corrected chi connectivity index (χ2v) is 3.75. The minimum atomic E-state index is 0.197. The van der Waals surface area contributed by atoms with Gasteiger partial charge in [0.2, 0.25) is 0 Å². The molecular formula is C14H16O2. The Morgan fingerprint density at radius 2 is 1.81 bits per heavy atom. The van der Waals surface area contributed by atoms with Crippen molar-refractivity contribution in [1.82, 2.24) is 0 Å². The Labute approximate surface area is 95.5 Å². The summed E-state index contributed by atoms with van der Waals surface area (Å²) in [5, 5.41) is 11.2. The average molecular weight is 216 g/mol. The van der Waals surface area contributed by atoms with E-state index in [0.29, 0.717) is 13.0 Å². The fourth-order valence-electron chi connectivity index (χ4n) is 1.81. The molecule has 0 saturated heterocycles. The van der Waals surface area contributed by atoms with Crippen LogP contribution in [0.4, 0.5) is 0 Å². The van der Waals surface area contributed by atoms with E-state index in [1.807, 2.05) is 25.1 Å². The standard InChI is InChI=1S/C14H16O2/c1-2-16-14-6-5-12-9-11(7-8-15)3-4-13(12)10-14/h3-6,9-10,15H,2,7-8H2,1H3. The molecule has 0 aliphatic rings. The van der Waals surface area contributed by atoms with Gasteiger partial charge in [0.25, 0.3) is 0 Å². The molecule has 2 aromatic rings. The summed E-state index contributed by atoms with van der Waals surface area (Å²) in [6, 6.07) is 12.3. The maximum absolute atomic E-state index is 8.89. The van der Waals surface area contributed by atoms with E-state index in [4.69, 9.17) is 9.84 Å². The first-order chi connectivity index (χ1) is 7.83. The Morgan fingerprint density at radius 1 is 1.06 bits per heavy atom. The van der Waals surface area contributed by atoms with Gasteiger partial charge in [-0.2, -0.15) is 0 Å². The predicted molar refractivity (Wildman–Crippen MR) is 65.9 cm³/mol. The molecule has 0 bridgehead atoms. The van der Waals surface area contributed by atoms with Gasteiger partial charge in [0.15, 0.2) is 0 Å². The first-order valence-electron chi connectivity index (χ1n) is 5.60. The lowest BCUT2D eigenvalue weighted by atomic mass is 10.1.